The maximum absolute atomic E-state index is 13.2. The molecule has 0 radical (unpaired) electrons. The van der Waals surface area contributed by atoms with Crippen LogP contribution in [0.4, 0.5) is 15.9 Å². The Bertz CT molecular complexity index is 935. The molecule has 25 heavy (non-hydrogen) atoms. The summed E-state index contributed by atoms with van der Waals surface area (Å²) in [6, 6.07) is 5.86. The smallest absolute Gasteiger partial charge is 0.231 e. The van der Waals surface area contributed by atoms with Gasteiger partial charge in [0.1, 0.15) is 12.1 Å². The number of hydrogen-bond acceptors (Lipinski definition) is 6. The monoisotopic (exact) mass is 341 g/mol. The van der Waals surface area contributed by atoms with Crippen molar-refractivity contribution in [2.75, 3.05) is 23.3 Å². The van der Waals surface area contributed by atoms with Crippen LogP contribution in [0.25, 0.3) is 11.2 Å². The molecule has 1 aromatic carbocycles. The van der Waals surface area contributed by atoms with E-state index in [1.165, 1.54) is 18.5 Å². The van der Waals surface area contributed by atoms with Gasteiger partial charge in [-0.2, -0.15) is 0 Å². The number of carbonyl (C=O) groups excluding carboxylic acids is 1. The summed E-state index contributed by atoms with van der Waals surface area (Å²) in [6.45, 7) is 3.68. The molecule has 0 unspecified atom stereocenters. The zero-order chi connectivity index (χ0) is 17.4. The van der Waals surface area contributed by atoms with Gasteiger partial charge in [-0.3, -0.25) is 4.79 Å². The Balaban J connectivity index is 1.45. The summed E-state index contributed by atoms with van der Waals surface area (Å²) in [5.74, 6) is -0.0196. The lowest BCUT2D eigenvalue weighted by molar-refractivity contribution is -0.120. The van der Waals surface area contributed by atoms with E-state index in [0.29, 0.717) is 42.3 Å². The van der Waals surface area contributed by atoms with E-state index < -0.39 is 0 Å². The van der Waals surface area contributed by atoms with Crippen LogP contribution in [0.5, 0.6) is 0 Å². The second-order valence-corrected chi connectivity index (χ2v) is 5.88. The van der Waals surface area contributed by atoms with Gasteiger partial charge in [-0.25, -0.2) is 19.0 Å². The number of nitrogens with one attached hydrogen (secondary N) is 1. The third-order valence-electron chi connectivity index (χ3n) is 4.22. The summed E-state index contributed by atoms with van der Waals surface area (Å²) in [5.41, 5.74) is 1.77. The van der Waals surface area contributed by atoms with Gasteiger partial charge in [0.15, 0.2) is 17.0 Å². The van der Waals surface area contributed by atoms with Gasteiger partial charge < -0.3 is 10.2 Å². The molecule has 1 aliphatic heterocycles. The first-order valence-corrected chi connectivity index (χ1v) is 8.01. The highest BCUT2D eigenvalue weighted by atomic mass is 19.1. The third kappa shape index (κ3) is 2.77. The molecule has 0 saturated carbocycles. The van der Waals surface area contributed by atoms with E-state index in [1.54, 1.807) is 16.8 Å². The van der Waals surface area contributed by atoms with Gasteiger partial charge in [0, 0.05) is 25.3 Å². The van der Waals surface area contributed by atoms with Crippen molar-refractivity contribution in [1.29, 1.82) is 0 Å². The highest BCUT2D eigenvalue weighted by Crippen LogP contribution is 2.28. The second-order valence-electron chi connectivity index (χ2n) is 5.88. The van der Waals surface area contributed by atoms with Crippen LogP contribution in [-0.4, -0.2) is 44.0 Å². The average Bonchev–Trinajstić information content (AvgIpc) is 2.97. The fourth-order valence-electron chi connectivity index (χ4n) is 2.85. The number of benzene rings is 1. The SMILES string of the molecule is CCn1nnc2c(N3CC(C(=O)Nc4cccc(F)c4)C3)ncnc21. The van der Waals surface area contributed by atoms with E-state index in [4.69, 9.17) is 0 Å². The molecule has 9 heteroatoms. The van der Waals surface area contributed by atoms with Crippen molar-refractivity contribution in [1.82, 2.24) is 25.0 Å². The summed E-state index contributed by atoms with van der Waals surface area (Å²) < 4.78 is 14.9. The Hall–Kier alpha value is -3.10. The average molecular weight is 341 g/mol. The van der Waals surface area contributed by atoms with Crippen molar-refractivity contribution >= 4 is 28.6 Å². The molecule has 0 bridgehead atoms. The summed E-state index contributed by atoms with van der Waals surface area (Å²) in [7, 11) is 0. The first kappa shape index (κ1) is 15.4. The Kier molecular flexibility index (Phi) is 3.75. The van der Waals surface area contributed by atoms with Crippen LogP contribution < -0.4 is 10.2 Å². The van der Waals surface area contributed by atoms with Crippen LogP contribution in [0, 0.1) is 11.7 Å². The highest BCUT2D eigenvalue weighted by molar-refractivity contribution is 5.95. The maximum atomic E-state index is 13.2. The molecule has 1 aliphatic rings. The zero-order valence-electron chi connectivity index (χ0n) is 13.6. The van der Waals surface area contributed by atoms with E-state index >= 15 is 0 Å². The summed E-state index contributed by atoms with van der Waals surface area (Å²) in [5, 5.41) is 10.9. The van der Waals surface area contributed by atoms with Crippen molar-refractivity contribution in [3.8, 4) is 0 Å². The third-order valence-corrected chi connectivity index (χ3v) is 4.22. The lowest BCUT2D eigenvalue weighted by atomic mass is 9.99. The largest absolute Gasteiger partial charge is 0.353 e. The van der Waals surface area contributed by atoms with Gasteiger partial charge in [-0.05, 0) is 25.1 Å². The molecular weight excluding hydrogens is 325 g/mol. The van der Waals surface area contributed by atoms with Gasteiger partial charge in [-0.1, -0.05) is 11.3 Å². The molecular formula is C16H16FN7O. The number of amides is 1. The van der Waals surface area contributed by atoms with Crippen LogP contribution in [-0.2, 0) is 11.3 Å². The van der Waals surface area contributed by atoms with E-state index in [0.717, 1.165) is 0 Å². The molecule has 128 valence electrons. The number of anilines is 2. The maximum Gasteiger partial charge on any atom is 0.231 e. The van der Waals surface area contributed by atoms with E-state index in [-0.39, 0.29) is 17.6 Å². The first-order chi connectivity index (χ1) is 12.2. The van der Waals surface area contributed by atoms with Crippen LogP contribution in [0.1, 0.15) is 6.92 Å². The Labute approximate surface area is 142 Å². The standard InChI is InChI=1S/C16H16FN7O/c1-2-24-15-13(21-22-24)14(18-9-19-15)23-7-10(8-23)16(25)20-12-5-3-4-11(17)6-12/h3-6,9-10H,2,7-8H2,1H3,(H,20,25). The van der Waals surface area contributed by atoms with Crippen molar-refractivity contribution in [3.63, 3.8) is 0 Å². The van der Waals surface area contributed by atoms with Gasteiger partial charge in [0.05, 0.1) is 5.92 Å². The summed E-state index contributed by atoms with van der Waals surface area (Å²) >= 11 is 0. The lowest BCUT2D eigenvalue weighted by Crippen LogP contribution is -2.52. The van der Waals surface area contributed by atoms with E-state index in [2.05, 4.69) is 25.6 Å². The number of nitrogens with zero attached hydrogens (tertiary/aromatic N) is 6. The minimum absolute atomic E-state index is 0.135. The van der Waals surface area contributed by atoms with Gasteiger partial charge >= 0.3 is 0 Å². The van der Waals surface area contributed by atoms with Crippen LogP contribution in [0.15, 0.2) is 30.6 Å². The molecule has 4 rings (SSSR count). The summed E-state index contributed by atoms with van der Waals surface area (Å²) in [4.78, 5) is 22.7. The van der Waals surface area contributed by atoms with Crippen LogP contribution >= 0.6 is 0 Å². The molecule has 0 aliphatic carbocycles. The van der Waals surface area contributed by atoms with Gasteiger partial charge in [0.2, 0.25) is 5.91 Å². The molecule has 1 saturated heterocycles. The van der Waals surface area contributed by atoms with Gasteiger partial charge in [-0.15, -0.1) is 5.10 Å². The van der Waals surface area contributed by atoms with Gasteiger partial charge in [0.25, 0.3) is 0 Å². The molecule has 1 amide bonds. The lowest BCUT2D eigenvalue weighted by Gasteiger charge is -2.38. The van der Waals surface area contributed by atoms with Crippen molar-refractivity contribution in [2.24, 2.45) is 5.92 Å². The predicted molar refractivity (Wildman–Crippen MR) is 89.5 cm³/mol. The molecule has 3 aromatic rings. The van der Waals surface area contributed by atoms with E-state index in [9.17, 15) is 9.18 Å². The van der Waals surface area contributed by atoms with Crippen molar-refractivity contribution in [3.05, 3.63) is 36.4 Å². The Morgan fingerprint density at radius 1 is 1.36 bits per heavy atom. The fraction of sp³-hybridized carbons (Fsp3) is 0.312. The molecule has 1 fully saturated rings. The van der Waals surface area contributed by atoms with E-state index in [1.807, 2.05) is 11.8 Å². The molecule has 3 heterocycles. The topological polar surface area (TPSA) is 88.8 Å². The van der Waals surface area contributed by atoms with Crippen LogP contribution in [0.2, 0.25) is 0 Å². The number of halogens is 1. The van der Waals surface area contributed by atoms with Crippen molar-refractivity contribution < 1.29 is 9.18 Å². The zero-order valence-corrected chi connectivity index (χ0v) is 13.6. The van der Waals surface area contributed by atoms with Crippen LogP contribution in [0.3, 0.4) is 0 Å². The predicted octanol–water partition coefficient (Wildman–Crippen LogP) is 1.46. The normalized spacial score (nSPS) is 14.6. The number of rotatable bonds is 4. The number of aromatic nitrogens is 5. The highest BCUT2D eigenvalue weighted by Gasteiger charge is 2.35. The Morgan fingerprint density at radius 2 is 2.20 bits per heavy atom. The quantitative estimate of drug-likeness (QED) is 0.773. The Morgan fingerprint density at radius 3 is 2.96 bits per heavy atom. The fourth-order valence-corrected chi connectivity index (χ4v) is 2.85. The minimum atomic E-state index is -0.379. The molecule has 1 N–H and O–H groups in total. The molecule has 2 aromatic heterocycles. The second kappa shape index (κ2) is 6.08. The molecule has 8 nitrogen and oxygen atoms in total. The number of aryl methyl sites for hydroxylation is 1. The minimum Gasteiger partial charge on any atom is -0.353 e. The molecule has 0 spiro atoms. The molecule has 0 atom stereocenters. The summed E-state index contributed by atoms with van der Waals surface area (Å²) in [6.07, 6.45) is 1.48. The van der Waals surface area contributed by atoms with Crippen molar-refractivity contribution in [2.45, 2.75) is 13.5 Å². The first-order valence-electron chi connectivity index (χ1n) is 8.01. The number of carbonyl (C=O) groups is 1. The number of hydrogen-bond donors (Lipinski definition) is 1. The number of fused-ring (bicyclic) bond motifs is 1.